The Morgan fingerprint density at radius 1 is 0.750 bits per heavy atom. The van der Waals surface area contributed by atoms with E-state index in [4.69, 9.17) is 9.41 Å². The van der Waals surface area contributed by atoms with Gasteiger partial charge < -0.3 is 9.73 Å². The molecule has 2 aliphatic rings. The molecule has 1 N–H and O–H groups in total. The minimum absolute atomic E-state index is 0.0664. The van der Waals surface area contributed by atoms with Crippen molar-refractivity contribution < 1.29 is 4.42 Å². The quantitative estimate of drug-likeness (QED) is 0.267. The third kappa shape index (κ3) is 2.22. The summed E-state index contributed by atoms with van der Waals surface area (Å²) in [6, 6.07) is 28.0. The Morgan fingerprint density at radius 3 is 2.58 bits per heavy atom. The van der Waals surface area contributed by atoms with Crippen LogP contribution in [0, 0.1) is 0 Å². The highest BCUT2D eigenvalue weighted by molar-refractivity contribution is 6.33. The molecule has 0 saturated heterocycles. The van der Waals surface area contributed by atoms with Gasteiger partial charge in [-0.05, 0) is 35.4 Å². The molecule has 3 aromatic heterocycles. The Kier molecular flexibility index (Phi) is 3.30. The van der Waals surface area contributed by atoms with E-state index in [1.165, 1.54) is 38.3 Å². The summed E-state index contributed by atoms with van der Waals surface area (Å²) < 4.78 is 8.78. The van der Waals surface area contributed by atoms with Gasteiger partial charge in [0.2, 0.25) is 0 Å². The van der Waals surface area contributed by atoms with Gasteiger partial charge in [-0.3, -0.25) is 4.40 Å². The zero-order chi connectivity index (χ0) is 23.4. The number of hydrogen-bond acceptors (Lipinski definition) is 3. The average molecular weight is 462 g/mol. The first kappa shape index (κ1) is 18.5. The lowest BCUT2D eigenvalue weighted by Gasteiger charge is -2.23. The molecule has 0 amide bonds. The van der Waals surface area contributed by atoms with E-state index in [0.29, 0.717) is 0 Å². The van der Waals surface area contributed by atoms with Crippen LogP contribution in [0.2, 0.25) is 0 Å². The monoisotopic (exact) mass is 461 g/mol. The minimum atomic E-state index is 0.0664. The molecule has 0 saturated carbocycles. The number of benzene rings is 4. The molecular weight excluding hydrogens is 442 g/mol. The number of allylic oxidation sites excluding steroid dienone is 2. The van der Waals surface area contributed by atoms with Crippen molar-refractivity contribution >= 4 is 66.3 Å². The molecule has 9 rings (SSSR count). The normalized spacial score (nSPS) is 16.8. The maximum Gasteiger partial charge on any atom is 0.138 e. The van der Waals surface area contributed by atoms with Gasteiger partial charge in [0.05, 0.1) is 22.8 Å². The highest BCUT2D eigenvalue weighted by Crippen LogP contribution is 2.50. The van der Waals surface area contributed by atoms with Crippen LogP contribution in [0.3, 0.4) is 0 Å². The van der Waals surface area contributed by atoms with Crippen LogP contribution in [-0.2, 0) is 0 Å². The molecule has 4 heteroatoms. The number of nitrogens with one attached hydrogen (secondary N) is 1. The molecule has 4 aromatic carbocycles. The highest BCUT2D eigenvalue weighted by atomic mass is 16.3. The van der Waals surface area contributed by atoms with Gasteiger partial charge in [0.15, 0.2) is 0 Å². The molecule has 1 aliphatic heterocycles. The summed E-state index contributed by atoms with van der Waals surface area (Å²) in [7, 11) is 0. The summed E-state index contributed by atoms with van der Waals surface area (Å²) in [6.45, 7) is 0. The summed E-state index contributed by atoms with van der Waals surface area (Å²) in [5.41, 5.74) is 8.62. The lowest BCUT2D eigenvalue weighted by Crippen LogP contribution is -2.30. The lowest BCUT2D eigenvalue weighted by molar-refractivity contribution is 0.669. The van der Waals surface area contributed by atoms with E-state index in [9.17, 15) is 0 Å². The summed E-state index contributed by atoms with van der Waals surface area (Å²) in [6.07, 6.45) is 8.40. The number of anilines is 1. The molecule has 1 aliphatic carbocycles. The second kappa shape index (κ2) is 6.43. The van der Waals surface area contributed by atoms with Gasteiger partial charge in [-0.2, -0.15) is 0 Å². The van der Waals surface area contributed by atoms with Gasteiger partial charge in [0.1, 0.15) is 22.7 Å². The van der Waals surface area contributed by atoms with E-state index < -0.39 is 0 Å². The zero-order valence-corrected chi connectivity index (χ0v) is 19.2. The van der Waals surface area contributed by atoms with Gasteiger partial charge in [-0.1, -0.05) is 78.9 Å². The number of para-hydroxylation sites is 1. The first-order valence-electron chi connectivity index (χ1n) is 12.3. The van der Waals surface area contributed by atoms with Gasteiger partial charge in [0, 0.05) is 26.9 Å². The topological polar surface area (TPSA) is 41.9 Å². The first-order valence-corrected chi connectivity index (χ1v) is 12.3. The van der Waals surface area contributed by atoms with Gasteiger partial charge >= 0.3 is 0 Å². The Bertz CT molecular complexity index is 2120. The Hall–Kier alpha value is -4.83. The van der Waals surface area contributed by atoms with Crippen LogP contribution in [0.1, 0.15) is 0 Å². The molecule has 0 fully saturated rings. The SMILES string of the molecule is C1=CC2=Nc3c(n4c5cc(-c6ccccc6)ccc5c5c6c(cc3c54)oc3ccccc36)NC2C=C1. The smallest absolute Gasteiger partial charge is 0.138 e. The largest absolute Gasteiger partial charge is 0.456 e. The number of aromatic nitrogens is 1. The van der Waals surface area contributed by atoms with Gasteiger partial charge in [-0.15, -0.1) is 0 Å². The molecule has 4 nitrogen and oxygen atoms in total. The van der Waals surface area contributed by atoms with Crippen LogP contribution in [0.15, 0.2) is 113 Å². The number of aliphatic imine (C=N–C) groups is 1. The molecule has 168 valence electrons. The zero-order valence-electron chi connectivity index (χ0n) is 19.2. The number of hydrogen-bond donors (Lipinski definition) is 1. The highest BCUT2D eigenvalue weighted by Gasteiger charge is 2.30. The molecule has 0 spiro atoms. The second-order valence-electron chi connectivity index (χ2n) is 9.65. The predicted molar refractivity (Wildman–Crippen MR) is 149 cm³/mol. The molecule has 1 unspecified atom stereocenters. The Labute approximate surface area is 205 Å². The third-order valence-electron chi connectivity index (χ3n) is 7.72. The fraction of sp³-hybridized carbons (Fsp3) is 0.0312. The summed E-state index contributed by atoms with van der Waals surface area (Å²) in [5.74, 6) is 1.04. The summed E-state index contributed by atoms with van der Waals surface area (Å²) in [4.78, 5) is 5.16. The maximum absolute atomic E-state index is 6.40. The van der Waals surface area contributed by atoms with Gasteiger partial charge in [-0.25, -0.2) is 4.99 Å². The number of rotatable bonds is 1. The predicted octanol–water partition coefficient (Wildman–Crippen LogP) is 8.24. The minimum Gasteiger partial charge on any atom is -0.456 e. The molecular formula is C32H19N3O. The van der Waals surface area contributed by atoms with Crippen LogP contribution in [-0.4, -0.2) is 16.2 Å². The van der Waals surface area contributed by atoms with Crippen molar-refractivity contribution in [3.05, 3.63) is 103 Å². The van der Waals surface area contributed by atoms with E-state index in [2.05, 4.69) is 107 Å². The summed E-state index contributed by atoms with van der Waals surface area (Å²) in [5, 5.41) is 9.68. The molecule has 36 heavy (non-hydrogen) atoms. The van der Waals surface area contributed by atoms with Gasteiger partial charge in [0.25, 0.3) is 0 Å². The molecule has 0 bridgehead atoms. The number of nitrogens with zero attached hydrogens (tertiary/aromatic N) is 2. The van der Waals surface area contributed by atoms with E-state index in [0.717, 1.165) is 39.2 Å². The first-order chi connectivity index (χ1) is 17.8. The van der Waals surface area contributed by atoms with Crippen molar-refractivity contribution in [1.29, 1.82) is 0 Å². The average Bonchev–Trinajstić information content (AvgIpc) is 3.57. The van der Waals surface area contributed by atoms with Crippen LogP contribution >= 0.6 is 0 Å². The number of furan rings is 1. The standard InChI is InChI=1S/C32H19N3O/c1-2-8-18(9-3-1)19-14-15-20-25(16-19)35-31-22(30-32(35)34-24-12-6-5-11-23(24)33-30)17-27-28(29(20)31)21-10-4-7-13-26(21)36-27/h1-17,24,34H. The number of fused-ring (bicyclic) bond motifs is 11. The van der Waals surface area contributed by atoms with E-state index >= 15 is 0 Å². The van der Waals surface area contributed by atoms with E-state index in [1.807, 2.05) is 6.07 Å². The van der Waals surface area contributed by atoms with E-state index in [-0.39, 0.29) is 6.04 Å². The molecule has 7 aromatic rings. The molecule has 1 atom stereocenters. The molecule has 0 radical (unpaired) electrons. The second-order valence-corrected chi connectivity index (χ2v) is 9.65. The van der Waals surface area contributed by atoms with Crippen molar-refractivity contribution in [3.63, 3.8) is 0 Å². The van der Waals surface area contributed by atoms with Crippen LogP contribution in [0.25, 0.3) is 60.3 Å². The van der Waals surface area contributed by atoms with Crippen molar-refractivity contribution in [1.82, 2.24) is 4.40 Å². The van der Waals surface area contributed by atoms with Crippen LogP contribution < -0.4 is 5.32 Å². The van der Waals surface area contributed by atoms with Crippen molar-refractivity contribution in [2.45, 2.75) is 6.04 Å². The maximum atomic E-state index is 6.40. The fourth-order valence-corrected chi connectivity index (χ4v) is 6.16. The summed E-state index contributed by atoms with van der Waals surface area (Å²) >= 11 is 0. The third-order valence-corrected chi connectivity index (χ3v) is 7.72. The van der Waals surface area contributed by atoms with E-state index in [1.54, 1.807) is 0 Å². The molecule has 4 heterocycles. The van der Waals surface area contributed by atoms with Crippen LogP contribution in [0.5, 0.6) is 0 Å². The van der Waals surface area contributed by atoms with Crippen molar-refractivity contribution in [3.8, 4) is 11.1 Å². The fourth-order valence-electron chi connectivity index (χ4n) is 6.16. The lowest BCUT2D eigenvalue weighted by atomic mass is 10.00. The Morgan fingerprint density at radius 2 is 1.64 bits per heavy atom. The van der Waals surface area contributed by atoms with Crippen molar-refractivity contribution in [2.75, 3.05) is 5.32 Å². The Balaban J connectivity index is 1.51. The van der Waals surface area contributed by atoms with Crippen molar-refractivity contribution in [2.24, 2.45) is 4.99 Å². The van der Waals surface area contributed by atoms with Crippen LogP contribution in [0.4, 0.5) is 11.5 Å².